The summed E-state index contributed by atoms with van der Waals surface area (Å²) in [4.78, 5) is 29.9. The molecule has 0 spiro atoms. The van der Waals surface area contributed by atoms with Crippen LogP contribution >= 0.6 is 15.9 Å². The van der Waals surface area contributed by atoms with Gasteiger partial charge in [0, 0.05) is 41.0 Å². The van der Waals surface area contributed by atoms with Crippen LogP contribution in [-0.2, 0) is 17.6 Å². The minimum atomic E-state index is -0.317. The summed E-state index contributed by atoms with van der Waals surface area (Å²) >= 11 is 3.52. The standard InChI is InChI=1S/C23H24BrN3O4.C2H6/c1-3-31-23(28)26-8-6-15(7-9-26)21-19-12-20(27(29)30)14(2)10-16(19)4-5-17-11-18(24)13-25-22(17)21;1-2/h10-13H,3-9H2,1-2H3;1-2H3. The van der Waals surface area contributed by atoms with Gasteiger partial charge in [0.2, 0.25) is 0 Å². The molecule has 2 heterocycles. The predicted molar refractivity (Wildman–Crippen MR) is 132 cm³/mol. The Morgan fingerprint density at radius 2 is 1.82 bits per heavy atom. The van der Waals surface area contributed by atoms with Crippen LogP contribution < -0.4 is 0 Å². The summed E-state index contributed by atoms with van der Waals surface area (Å²) in [6.07, 6.45) is 4.48. The first-order valence-corrected chi connectivity index (χ1v) is 12.2. The first-order valence-electron chi connectivity index (χ1n) is 11.5. The largest absolute Gasteiger partial charge is 0.450 e. The Balaban J connectivity index is 0.00000149. The maximum Gasteiger partial charge on any atom is 0.409 e. The van der Waals surface area contributed by atoms with Crippen molar-refractivity contribution in [3.8, 4) is 0 Å². The zero-order valence-corrected chi connectivity index (χ0v) is 21.2. The fraction of sp³-hybridized carbons (Fsp3) is 0.440. The summed E-state index contributed by atoms with van der Waals surface area (Å²) in [7, 11) is 0. The molecule has 0 bridgehead atoms. The smallest absolute Gasteiger partial charge is 0.409 e. The molecule has 0 radical (unpaired) electrons. The third kappa shape index (κ3) is 5.27. The number of piperidine rings is 1. The highest BCUT2D eigenvalue weighted by Gasteiger charge is 2.29. The average molecular weight is 516 g/mol. The number of hydrogen-bond donors (Lipinski definition) is 0. The number of likely N-dealkylation sites (tertiary alicyclic amines) is 1. The lowest BCUT2D eigenvalue weighted by Gasteiger charge is -2.29. The van der Waals surface area contributed by atoms with E-state index in [-0.39, 0.29) is 16.7 Å². The SMILES string of the molecule is CC.CCOC(=O)N1CCC(=C2c3cc([N+](=O)[O-])c(C)cc3CCc3cc(Br)cnc32)CC1. The van der Waals surface area contributed by atoms with Gasteiger partial charge < -0.3 is 9.64 Å². The van der Waals surface area contributed by atoms with Gasteiger partial charge in [0.1, 0.15) is 0 Å². The summed E-state index contributed by atoms with van der Waals surface area (Å²) in [5, 5.41) is 11.7. The van der Waals surface area contributed by atoms with Crippen molar-refractivity contribution >= 4 is 33.3 Å². The summed E-state index contributed by atoms with van der Waals surface area (Å²) in [6, 6.07) is 5.75. The van der Waals surface area contributed by atoms with Gasteiger partial charge >= 0.3 is 6.09 Å². The number of nitro benzene ring substituents is 1. The lowest BCUT2D eigenvalue weighted by atomic mass is 9.87. The van der Waals surface area contributed by atoms with Crippen LogP contribution in [0.5, 0.6) is 0 Å². The molecule has 8 heteroatoms. The van der Waals surface area contributed by atoms with Crippen molar-refractivity contribution in [2.75, 3.05) is 19.7 Å². The van der Waals surface area contributed by atoms with Gasteiger partial charge in [-0.25, -0.2) is 4.79 Å². The van der Waals surface area contributed by atoms with Crippen molar-refractivity contribution in [2.24, 2.45) is 0 Å². The number of rotatable bonds is 2. The van der Waals surface area contributed by atoms with Crippen molar-refractivity contribution in [3.63, 3.8) is 0 Å². The fourth-order valence-electron chi connectivity index (χ4n) is 4.47. The first kappa shape index (κ1) is 24.9. The van der Waals surface area contributed by atoms with E-state index < -0.39 is 0 Å². The molecular weight excluding hydrogens is 486 g/mol. The van der Waals surface area contributed by atoms with E-state index in [1.165, 1.54) is 5.57 Å². The van der Waals surface area contributed by atoms with Gasteiger partial charge in [-0.3, -0.25) is 15.1 Å². The van der Waals surface area contributed by atoms with Crippen LogP contribution in [-0.4, -0.2) is 40.6 Å². The zero-order chi connectivity index (χ0) is 24.1. The number of nitrogens with zero attached hydrogens (tertiary/aromatic N) is 3. The number of pyridine rings is 1. The second kappa shape index (κ2) is 10.9. The number of hydrogen-bond acceptors (Lipinski definition) is 5. The van der Waals surface area contributed by atoms with E-state index >= 15 is 0 Å². The summed E-state index contributed by atoms with van der Waals surface area (Å²) in [5.74, 6) is 0. The van der Waals surface area contributed by atoms with Crippen molar-refractivity contribution in [1.82, 2.24) is 9.88 Å². The highest BCUT2D eigenvalue weighted by Crippen LogP contribution is 2.40. The molecule has 1 aromatic heterocycles. The Labute approximate surface area is 203 Å². The highest BCUT2D eigenvalue weighted by atomic mass is 79.9. The second-order valence-corrected chi connectivity index (χ2v) is 8.79. The van der Waals surface area contributed by atoms with Crippen LogP contribution in [0.3, 0.4) is 0 Å². The molecule has 1 aliphatic carbocycles. The molecule has 176 valence electrons. The molecule has 1 amide bonds. The Bertz CT molecular complexity index is 1090. The third-order valence-electron chi connectivity index (χ3n) is 5.97. The topological polar surface area (TPSA) is 85.6 Å². The number of carbonyl (C=O) groups is 1. The summed E-state index contributed by atoms with van der Waals surface area (Å²) < 4.78 is 6.06. The average Bonchev–Trinajstić information content (AvgIpc) is 2.96. The van der Waals surface area contributed by atoms with Crippen LogP contribution in [0, 0.1) is 17.0 Å². The molecule has 2 aliphatic rings. The van der Waals surface area contributed by atoms with E-state index in [1.54, 1.807) is 31.0 Å². The first-order chi connectivity index (χ1) is 15.9. The molecule has 7 nitrogen and oxygen atoms in total. The van der Waals surface area contributed by atoms with Crippen LogP contribution in [0.1, 0.15) is 61.6 Å². The van der Waals surface area contributed by atoms with Crippen molar-refractivity contribution in [2.45, 2.75) is 53.4 Å². The number of benzene rings is 1. The van der Waals surface area contributed by atoms with Gasteiger partial charge in [0.05, 0.1) is 17.2 Å². The van der Waals surface area contributed by atoms with Gasteiger partial charge in [-0.05, 0) is 84.3 Å². The monoisotopic (exact) mass is 515 g/mol. The molecule has 1 aliphatic heterocycles. The van der Waals surface area contributed by atoms with Crippen molar-refractivity contribution in [1.29, 1.82) is 0 Å². The Morgan fingerprint density at radius 3 is 2.45 bits per heavy atom. The minimum absolute atomic E-state index is 0.126. The van der Waals surface area contributed by atoms with Gasteiger partial charge in [-0.2, -0.15) is 0 Å². The molecule has 0 saturated carbocycles. The van der Waals surface area contributed by atoms with E-state index in [1.807, 2.05) is 19.9 Å². The molecule has 0 N–H and O–H groups in total. The number of fused-ring (bicyclic) bond motifs is 2. The van der Waals surface area contributed by atoms with Crippen LogP contribution in [0.2, 0.25) is 0 Å². The van der Waals surface area contributed by atoms with Crippen molar-refractivity contribution < 1.29 is 14.5 Å². The van der Waals surface area contributed by atoms with E-state index in [4.69, 9.17) is 9.72 Å². The fourth-order valence-corrected chi connectivity index (χ4v) is 4.85. The van der Waals surface area contributed by atoms with E-state index in [2.05, 4.69) is 22.0 Å². The number of nitro groups is 1. The number of ether oxygens (including phenoxy) is 1. The zero-order valence-electron chi connectivity index (χ0n) is 19.6. The number of amides is 1. The number of halogens is 1. The van der Waals surface area contributed by atoms with Crippen molar-refractivity contribution in [3.05, 3.63) is 72.5 Å². The molecule has 1 aromatic carbocycles. The Morgan fingerprint density at radius 1 is 1.15 bits per heavy atom. The van der Waals surface area contributed by atoms with E-state index in [0.717, 1.165) is 45.3 Å². The van der Waals surface area contributed by atoms with Crippen LogP contribution in [0.25, 0.3) is 5.57 Å². The summed E-state index contributed by atoms with van der Waals surface area (Å²) in [5.41, 5.74) is 6.98. The Kier molecular flexibility index (Phi) is 8.24. The van der Waals surface area contributed by atoms with Crippen LogP contribution in [0.15, 0.2) is 34.4 Å². The maximum absolute atomic E-state index is 12.1. The molecular formula is C25H30BrN3O4. The molecule has 2 aromatic rings. The molecule has 1 fully saturated rings. The lowest BCUT2D eigenvalue weighted by molar-refractivity contribution is -0.385. The Hall–Kier alpha value is -2.74. The molecule has 4 rings (SSSR count). The molecule has 33 heavy (non-hydrogen) atoms. The number of carbonyl (C=O) groups excluding carboxylic acids is 1. The third-order valence-corrected chi connectivity index (χ3v) is 6.40. The van der Waals surface area contributed by atoms with Gasteiger partial charge in [-0.1, -0.05) is 19.4 Å². The molecule has 1 saturated heterocycles. The number of aryl methyl sites for hydroxylation is 3. The van der Waals surface area contributed by atoms with Gasteiger partial charge in [0.15, 0.2) is 0 Å². The number of aromatic nitrogens is 1. The predicted octanol–water partition coefficient (Wildman–Crippen LogP) is 6.24. The van der Waals surface area contributed by atoms with Gasteiger partial charge in [-0.15, -0.1) is 0 Å². The second-order valence-electron chi connectivity index (χ2n) is 7.88. The molecule has 0 unspecified atom stereocenters. The van der Waals surface area contributed by atoms with Gasteiger partial charge in [0.25, 0.3) is 5.69 Å². The maximum atomic E-state index is 12.1. The summed E-state index contributed by atoms with van der Waals surface area (Å²) in [6.45, 7) is 9.06. The minimum Gasteiger partial charge on any atom is -0.450 e. The highest BCUT2D eigenvalue weighted by molar-refractivity contribution is 9.10. The molecule has 0 atom stereocenters. The normalized spacial score (nSPS) is 15.0. The lowest BCUT2D eigenvalue weighted by Crippen LogP contribution is -2.37. The van der Waals surface area contributed by atoms with E-state index in [9.17, 15) is 14.9 Å². The van der Waals surface area contributed by atoms with E-state index in [0.29, 0.717) is 38.1 Å². The quantitative estimate of drug-likeness (QED) is 0.349. The van der Waals surface area contributed by atoms with Crippen LogP contribution in [0.4, 0.5) is 10.5 Å².